The Balaban J connectivity index is 1.82. The Morgan fingerprint density at radius 1 is 1.24 bits per heavy atom. The summed E-state index contributed by atoms with van der Waals surface area (Å²) in [5.74, 6) is -0.971. The van der Waals surface area contributed by atoms with E-state index in [1.807, 2.05) is 0 Å². The van der Waals surface area contributed by atoms with Crippen LogP contribution >= 0.6 is 11.3 Å². The van der Waals surface area contributed by atoms with Crippen LogP contribution in [0.3, 0.4) is 0 Å². The Bertz CT molecular complexity index is 560. The molecule has 0 atom stereocenters. The SMILES string of the molecule is O=C(O)c1c(NC(=O)C2CCCCC2)sc2c1CCOC2. The van der Waals surface area contributed by atoms with Crippen LogP contribution in [0.2, 0.25) is 0 Å². The van der Waals surface area contributed by atoms with Gasteiger partial charge in [0.25, 0.3) is 0 Å². The molecule has 2 aliphatic rings. The summed E-state index contributed by atoms with van der Waals surface area (Å²) < 4.78 is 5.37. The molecule has 1 aliphatic heterocycles. The average molecular weight is 309 g/mol. The zero-order chi connectivity index (χ0) is 14.8. The third-order valence-electron chi connectivity index (χ3n) is 4.25. The van der Waals surface area contributed by atoms with E-state index in [-0.39, 0.29) is 17.4 Å². The van der Waals surface area contributed by atoms with Crippen LogP contribution in [0.5, 0.6) is 0 Å². The smallest absolute Gasteiger partial charge is 0.339 e. The van der Waals surface area contributed by atoms with Gasteiger partial charge in [0.2, 0.25) is 5.91 Å². The first-order chi connectivity index (χ1) is 10.2. The molecule has 2 heterocycles. The molecule has 114 valence electrons. The monoisotopic (exact) mass is 309 g/mol. The number of fused-ring (bicyclic) bond motifs is 1. The van der Waals surface area contributed by atoms with E-state index in [9.17, 15) is 14.7 Å². The number of carboxylic acids is 1. The average Bonchev–Trinajstić information content (AvgIpc) is 2.86. The van der Waals surface area contributed by atoms with Gasteiger partial charge in [-0.25, -0.2) is 4.79 Å². The number of rotatable bonds is 3. The fourth-order valence-electron chi connectivity index (χ4n) is 3.13. The summed E-state index contributed by atoms with van der Waals surface area (Å²) in [7, 11) is 0. The number of nitrogens with one attached hydrogen (secondary N) is 1. The minimum Gasteiger partial charge on any atom is -0.478 e. The largest absolute Gasteiger partial charge is 0.478 e. The second kappa shape index (κ2) is 6.15. The molecule has 3 rings (SSSR count). The maximum Gasteiger partial charge on any atom is 0.339 e. The van der Waals surface area contributed by atoms with E-state index in [1.165, 1.54) is 17.8 Å². The van der Waals surface area contributed by atoms with Crippen LogP contribution in [-0.4, -0.2) is 23.6 Å². The number of thiophene rings is 1. The molecule has 2 N–H and O–H groups in total. The molecule has 1 aliphatic carbocycles. The molecule has 1 saturated carbocycles. The van der Waals surface area contributed by atoms with E-state index in [0.29, 0.717) is 24.6 Å². The van der Waals surface area contributed by atoms with Gasteiger partial charge >= 0.3 is 5.97 Å². The third kappa shape index (κ3) is 2.96. The van der Waals surface area contributed by atoms with E-state index in [2.05, 4.69) is 5.32 Å². The van der Waals surface area contributed by atoms with Crippen molar-refractivity contribution in [3.05, 3.63) is 16.0 Å². The third-order valence-corrected chi connectivity index (χ3v) is 5.37. The zero-order valence-electron chi connectivity index (χ0n) is 11.8. The predicted molar refractivity (Wildman–Crippen MR) is 79.8 cm³/mol. The van der Waals surface area contributed by atoms with Crippen molar-refractivity contribution in [2.24, 2.45) is 5.92 Å². The molecule has 0 saturated heterocycles. The van der Waals surface area contributed by atoms with E-state index in [1.54, 1.807) is 0 Å². The lowest BCUT2D eigenvalue weighted by Crippen LogP contribution is -2.25. The maximum atomic E-state index is 12.3. The maximum absolute atomic E-state index is 12.3. The topological polar surface area (TPSA) is 75.6 Å². The van der Waals surface area contributed by atoms with Crippen LogP contribution in [0.4, 0.5) is 5.00 Å². The van der Waals surface area contributed by atoms with Crippen LogP contribution in [0, 0.1) is 5.92 Å². The molecule has 0 radical (unpaired) electrons. The van der Waals surface area contributed by atoms with Crippen molar-refractivity contribution < 1.29 is 19.4 Å². The van der Waals surface area contributed by atoms with Crippen LogP contribution < -0.4 is 5.32 Å². The summed E-state index contributed by atoms with van der Waals surface area (Å²) in [4.78, 5) is 24.8. The van der Waals surface area contributed by atoms with Gasteiger partial charge in [-0.05, 0) is 24.8 Å². The molecule has 1 fully saturated rings. The lowest BCUT2D eigenvalue weighted by Gasteiger charge is -2.20. The van der Waals surface area contributed by atoms with Gasteiger partial charge in [-0.2, -0.15) is 0 Å². The molecule has 21 heavy (non-hydrogen) atoms. The molecule has 5 nitrogen and oxygen atoms in total. The fourth-order valence-corrected chi connectivity index (χ4v) is 4.31. The van der Waals surface area contributed by atoms with Crippen molar-refractivity contribution >= 4 is 28.2 Å². The lowest BCUT2D eigenvalue weighted by atomic mass is 9.88. The number of amides is 1. The van der Waals surface area contributed by atoms with Crippen molar-refractivity contribution in [1.82, 2.24) is 0 Å². The van der Waals surface area contributed by atoms with Gasteiger partial charge in [0, 0.05) is 10.8 Å². The predicted octanol–water partition coefficient (Wildman–Crippen LogP) is 3.04. The molecule has 0 bridgehead atoms. The quantitative estimate of drug-likeness (QED) is 0.900. The van der Waals surface area contributed by atoms with Gasteiger partial charge in [-0.1, -0.05) is 19.3 Å². The summed E-state index contributed by atoms with van der Waals surface area (Å²) in [6.45, 7) is 0.986. The Kier molecular flexibility index (Phi) is 4.26. The molecule has 0 aromatic carbocycles. The number of carbonyl (C=O) groups is 2. The van der Waals surface area contributed by atoms with Gasteiger partial charge in [-0.3, -0.25) is 4.79 Å². The number of hydrogen-bond donors (Lipinski definition) is 2. The van der Waals surface area contributed by atoms with Crippen molar-refractivity contribution in [1.29, 1.82) is 0 Å². The van der Waals surface area contributed by atoms with Crippen LogP contribution in [0.1, 0.15) is 52.9 Å². The Morgan fingerprint density at radius 3 is 2.71 bits per heavy atom. The first-order valence-corrected chi connectivity index (χ1v) is 8.25. The Labute approximate surface area is 127 Å². The van der Waals surface area contributed by atoms with Crippen LogP contribution in [0.25, 0.3) is 0 Å². The van der Waals surface area contributed by atoms with E-state index in [4.69, 9.17) is 4.74 Å². The summed E-state index contributed by atoms with van der Waals surface area (Å²) >= 11 is 1.34. The highest BCUT2D eigenvalue weighted by atomic mass is 32.1. The summed E-state index contributed by atoms with van der Waals surface area (Å²) in [6.07, 6.45) is 5.77. The minimum absolute atomic E-state index is 0.0239. The van der Waals surface area contributed by atoms with Crippen LogP contribution in [0.15, 0.2) is 0 Å². The van der Waals surface area contributed by atoms with Crippen molar-refractivity contribution in [3.8, 4) is 0 Å². The number of anilines is 1. The zero-order valence-corrected chi connectivity index (χ0v) is 12.6. The number of aromatic carboxylic acids is 1. The summed E-state index contributed by atoms with van der Waals surface area (Å²) in [5.41, 5.74) is 1.10. The van der Waals surface area contributed by atoms with Gasteiger partial charge in [-0.15, -0.1) is 11.3 Å². The van der Waals surface area contributed by atoms with Gasteiger partial charge < -0.3 is 15.2 Å². The number of carboxylic acid groups (broad SMARTS) is 1. The first kappa shape index (κ1) is 14.5. The van der Waals surface area contributed by atoms with E-state index < -0.39 is 5.97 Å². The highest BCUT2D eigenvalue weighted by Gasteiger charge is 2.28. The van der Waals surface area contributed by atoms with Crippen molar-refractivity contribution in [2.45, 2.75) is 45.1 Å². The molecule has 0 unspecified atom stereocenters. The lowest BCUT2D eigenvalue weighted by molar-refractivity contribution is -0.120. The molecule has 1 aromatic heterocycles. The number of carbonyl (C=O) groups excluding carboxylic acids is 1. The second-order valence-corrected chi connectivity index (χ2v) is 6.75. The standard InChI is InChI=1S/C15H19NO4S/c17-13(9-4-2-1-3-5-9)16-14-12(15(18)19)10-6-7-20-8-11(10)21-14/h9H,1-8H2,(H,16,17)(H,18,19). The van der Waals surface area contributed by atoms with Crippen LogP contribution in [-0.2, 0) is 22.6 Å². The molecule has 0 spiro atoms. The van der Waals surface area contributed by atoms with E-state index >= 15 is 0 Å². The second-order valence-electron chi connectivity index (χ2n) is 5.64. The minimum atomic E-state index is -0.964. The van der Waals surface area contributed by atoms with Crippen molar-refractivity contribution in [3.63, 3.8) is 0 Å². The Hall–Kier alpha value is -1.40. The molecule has 1 aromatic rings. The van der Waals surface area contributed by atoms with E-state index in [0.717, 1.165) is 36.1 Å². The number of hydrogen-bond acceptors (Lipinski definition) is 4. The van der Waals surface area contributed by atoms with Gasteiger partial charge in [0.1, 0.15) is 5.00 Å². The Morgan fingerprint density at radius 2 is 2.00 bits per heavy atom. The highest BCUT2D eigenvalue weighted by Crippen LogP contribution is 2.37. The normalized spacial score (nSPS) is 19.0. The first-order valence-electron chi connectivity index (χ1n) is 7.43. The highest BCUT2D eigenvalue weighted by molar-refractivity contribution is 7.17. The molecular weight excluding hydrogens is 290 g/mol. The van der Waals surface area contributed by atoms with Gasteiger partial charge in [0.15, 0.2) is 0 Å². The summed E-state index contributed by atoms with van der Waals surface area (Å²) in [5, 5.41) is 12.8. The molecule has 1 amide bonds. The fraction of sp³-hybridized carbons (Fsp3) is 0.600. The van der Waals surface area contributed by atoms with Gasteiger partial charge in [0.05, 0.1) is 18.8 Å². The summed E-state index contributed by atoms with van der Waals surface area (Å²) in [6, 6.07) is 0. The molecular formula is C15H19NO4S. The number of ether oxygens (including phenoxy) is 1. The molecule has 6 heteroatoms. The van der Waals surface area contributed by atoms with Crippen molar-refractivity contribution in [2.75, 3.05) is 11.9 Å².